The number of rotatable bonds is 7. The third-order valence-electron chi connectivity index (χ3n) is 6.55. The quantitative estimate of drug-likeness (QED) is 0.134. The van der Waals surface area contributed by atoms with E-state index in [-0.39, 0.29) is 10.6 Å². The molecule has 0 fully saturated rings. The summed E-state index contributed by atoms with van der Waals surface area (Å²) >= 11 is 0. The summed E-state index contributed by atoms with van der Waals surface area (Å²) in [5.74, 6) is -0.834. The summed E-state index contributed by atoms with van der Waals surface area (Å²) in [6, 6.07) is 27.1. The summed E-state index contributed by atoms with van der Waals surface area (Å²) < 4.78 is 68.1. The molecule has 0 saturated heterocycles. The number of carbonyl (C=O) groups excluding carboxylic acids is 1. The number of nitrogens with zero attached hydrogens (tertiary/aromatic N) is 2. The lowest BCUT2D eigenvalue weighted by Crippen LogP contribution is -2.39. The van der Waals surface area contributed by atoms with Crippen LogP contribution in [-0.2, 0) is 21.0 Å². The highest BCUT2D eigenvalue weighted by Gasteiger charge is 2.33. The number of aryl methyl sites for hydroxylation is 1. The number of amides is 1. The van der Waals surface area contributed by atoms with Gasteiger partial charge < -0.3 is 0 Å². The van der Waals surface area contributed by atoms with Crippen molar-refractivity contribution >= 4 is 49.4 Å². The Labute approximate surface area is 234 Å². The maximum absolute atomic E-state index is 13.6. The lowest BCUT2D eigenvalue weighted by Gasteiger charge is -2.24. The summed E-state index contributed by atoms with van der Waals surface area (Å²) in [6.07, 6.45) is -3.23. The first-order valence-electron chi connectivity index (χ1n) is 12.5. The molecule has 0 spiro atoms. The first kappa shape index (κ1) is 27.9. The van der Waals surface area contributed by atoms with Crippen LogP contribution in [0, 0.1) is 6.92 Å². The smallest absolute Gasteiger partial charge is 0.271 e. The highest BCUT2D eigenvalue weighted by molar-refractivity contribution is 7.92. The van der Waals surface area contributed by atoms with Crippen molar-refractivity contribution in [1.82, 2.24) is 5.43 Å². The van der Waals surface area contributed by atoms with E-state index in [1.54, 1.807) is 19.1 Å². The van der Waals surface area contributed by atoms with Gasteiger partial charge in [0.1, 0.15) is 6.54 Å². The molecule has 0 aliphatic rings. The van der Waals surface area contributed by atoms with Gasteiger partial charge in [-0.25, -0.2) is 13.8 Å². The van der Waals surface area contributed by atoms with Crippen LogP contribution in [0.5, 0.6) is 0 Å². The van der Waals surface area contributed by atoms with Crippen molar-refractivity contribution in [3.05, 3.63) is 120 Å². The second-order valence-corrected chi connectivity index (χ2v) is 11.3. The number of halogens is 3. The van der Waals surface area contributed by atoms with Gasteiger partial charge in [0.2, 0.25) is 0 Å². The average molecular weight is 576 g/mol. The van der Waals surface area contributed by atoms with Crippen molar-refractivity contribution in [3.63, 3.8) is 0 Å². The molecule has 0 atom stereocenters. The van der Waals surface area contributed by atoms with Crippen molar-refractivity contribution in [2.24, 2.45) is 5.10 Å². The molecule has 0 aliphatic carbocycles. The molecule has 0 radical (unpaired) electrons. The van der Waals surface area contributed by atoms with Crippen LogP contribution in [0.2, 0.25) is 0 Å². The Morgan fingerprint density at radius 3 is 2.07 bits per heavy atom. The zero-order chi connectivity index (χ0) is 29.2. The summed E-state index contributed by atoms with van der Waals surface area (Å²) in [7, 11) is -4.41. The maximum atomic E-state index is 13.6. The lowest BCUT2D eigenvalue weighted by molar-refractivity contribution is -0.137. The van der Waals surface area contributed by atoms with Crippen molar-refractivity contribution in [2.45, 2.75) is 18.0 Å². The molecule has 0 bridgehead atoms. The summed E-state index contributed by atoms with van der Waals surface area (Å²) in [5, 5.41) is 7.83. The topological polar surface area (TPSA) is 78.8 Å². The second-order valence-electron chi connectivity index (χ2n) is 9.40. The number of sulfonamides is 1. The Morgan fingerprint density at radius 2 is 1.46 bits per heavy atom. The van der Waals surface area contributed by atoms with Gasteiger partial charge in [-0.15, -0.1) is 0 Å². The van der Waals surface area contributed by atoms with Gasteiger partial charge in [-0.1, -0.05) is 72.3 Å². The minimum absolute atomic E-state index is 0.168. The van der Waals surface area contributed by atoms with Crippen molar-refractivity contribution in [3.8, 4) is 0 Å². The number of nitrogens with one attached hydrogen (secondary N) is 1. The fourth-order valence-corrected chi connectivity index (χ4v) is 5.93. The fourth-order valence-electron chi connectivity index (χ4n) is 4.51. The normalized spacial score (nSPS) is 12.2. The van der Waals surface area contributed by atoms with Crippen LogP contribution in [0.15, 0.2) is 113 Å². The van der Waals surface area contributed by atoms with Crippen molar-refractivity contribution in [1.29, 1.82) is 0 Å². The molecular formula is C31H24F3N3O3S. The number of hydrogen-bond acceptors (Lipinski definition) is 4. The zero-order valence-corrected chi connectivity index (χ0v) is 22.6. The molecule has 6 nitrogen and oxygen atoms in total. The molecule has 1 N–H and O–H groups in total. The third kappa shape index (κ3) is 5.92. The van der Waals surface area contributed by atoms with Crippen molar-refractivity contribution in [2.75, 3.05) is 10.8 Å². The van der Waals surface area contributed by atoms with Gasteiger partial charge >= 0.3 is 6.18 Å². The van der Waals surface area contributed by atoms with Gasteiger partial charge in [-0.3, -0.25) is 9.10 Å². The number of carbonyl (C=O) groups is 1. The van der Waals surface area contributed by atoms with Gasteiger partial charge in [0, 0.05) is 5.56 Å². The molecule has 0 aliphatic heterocycles. The summed E-state index contributed by atoms with van der Waals surface area (Å²) in [6.45, 7) is 0.969. The summed E-state index contributed by atoms with van der Waals surface area (Å²) in [5.41, 5.74) is 2.54. The molecule has 208 valence electrons. The molecule has 5 aromatic rings. The van der Waals surface area contributed by atoms with E-state index >= 15 is 0 Å². The minimum atomic E-state index is -4.71. The Kier molecular flexibility index (Phi) is 7.51. The first-order valence-corrected chi connectivity index (χ1v) is 14.0. The lowest BCUT2D eigenvalue weighted by atomic mass is 9.97. The number of anilines is 1. The second kappa shape index (κ2) is 11.1. The van der Waals surface area contributed by atoms with Gasteiger partial charge in [0.25, 0.3) is 15.9 Å². The highest BCUT2D eigenvalue weighted by Crippen LogP contribution is 2.33. The molecule has 0 saturated carbocycles. The molecule has 0 heterocycles. The first-order chi connectivity index (χ1) is 19.5. The van der Waals surface area contributed by atoms with E-state index in [9.17, 15) is 26.4 Å². The Bertz CT molecular complexity index is 1830. The molecule has 5 rings (SSSR count). The molecule has 10 heteroatoms. The molecule has 41 heavy (non-hydrogen) atoms. The number of fused-ring (bicyclic) bond motifs is 2. The SMILES string of the molecule is Cc1ccc(S(=O)(=O)N(CC(=O)N/N=C\c2c3ccccc3cc3ccccc23)c2cccc(C(F)(F)F)c2)cc1. The van der Waals surface area contributed by atoms with Crippen LogP contribution in [0.4, 0.5) is 18.9 Å². The predicted molar refractivity (Wildman–Crippen MR) is 154 cm³/mol. The van der Waals surface area contributed by atoms with Gasteiger partial charge in [0.05, 0.1) is 22.4 Å². The number of alkyl halides is 3. The van der Waals surface area contributed by atoms with E-state index in [4.69, 9.17) is 0 Å². The van der Waals surface area contributed by atoms with Crippen LogP contribution >= 0.6 is 0 Å². The van der Waals surface area contributed by atoms with Crippen LogP contribution in [0.25, 0.3) is 21.5 Å². The van der Waals surface area contributed by atoms with Gasteiger partial charge in [-0.05, 0) is 64.9 Å². The Balaban J connectivity index is 1.47. The number of hydrogen-bond donors (Lipinski definition) is 1. The number of hydrazone groups is 1. The highest BCUT2D eigenvalue weighted by atomic mass is 32.2. The van der Waals surface area contributed by atoms with Crippen LogP contribution in [0.3, 0.4) is 0 Å². The van der Waals surface area contributed by atoms with Crippen LogP contribution < -0.4 is 9.73 Å². The monoisotopic (exact) mass is 575 g/mol. The molecule has 1 amide bonds. The average Bonchev–Trinajstić information content (AvgIpc) is 2.95. The van der Waals surface area contributed by atoms with Crippen LogP contribution in [-0.4, -0.2) is 27.1 Å². The molecule has 0 unspecified atom stereocenters. The van der Waals surface area contributed by atoms with E-state index in [1.807, 2.05) is 54.6 Å². The molecular weight excluding hydrogens is 551 g/mol. The third-order valence-corrected chi connectivity index (χ3v) is 8.34. The molecule has 0 aromatic heterocycles. The van der Waals surface area contributed by atoms with Gasteiger partial charge in [-0.2, -0.15) is 18.3 Å². The Hall–Kier alpha value is -4.70. The zero-order valence-electron chi connectivity index (χ0n) is 21.8. The molecule has 5 aromatic carbocycles. The van der Waals surface area contributed by atoms with Crippen LogP contribution in [0.1, 0.15) is 16.7 Å². The van der Waals surface area contributed by atoms with E-state index in [2.05, 4.69) is 10.5 Å². The van der Waals surface area contributed by atoms with E-state index in [0.717, 1.165) is 44.8 Å². The maximum Gasteiger partial charge on any atom is 0.416 e. The summed E-state index contributed by atoms with van der Waals surface area (Å²) in [4.78, 5) is 12.8. The van der Waals surface area contributed by atoms with Crippen molar-refractivity contribution < 1.29 is 26.4 Å². The fraction of sp³-hybridized carbons (Fsp3) is 0.0968. The largest absolute Gasteiger partial charge is 0.416 e. The Morgan fingerprint density at radius 1 is 0.854 bits per heavy atom. The standard InChI is InChI=1S/C31H24F3N3O3S/c1-21-13-15-26(16-14-21)41(39,40)37(25-10-6-9-24(18-25)31(32,33)34)20-30(38)36-35-19-29-27-11-4-2-7-22(27)17-23-8-3-5-12-28(23)29/h2-19H,20H2,1H3,(H,36,38)/b35-19-. The van der Waals surface area contributed by atoms with E-state index in [1.165, 1.54) is 24.4 Å². The predicted octanol–water partition coefficient (Wildman–Crippen LogP) is 6.67. The number of benzene rings is 5. The van der Waals surface area contributed by atoms with E-state index < -0.39 is 34.2 Å². The van der Waals surface area contributed by atoms with E-state index in [0.29, 0.717) is 10.4 Å². The minimum Gasteiger partial charge on any atom is -0.271 e. The van der Waals surface area contributed by atoms with Gasteiger partial charge in [0.15, 0.2) is 0 Å².